The van der Waals surface area contributed by atoms with Crippen molar-refractivity contribution in [3.05, 3.63) is 0 Å². The lowest BCUT2D eigenvalue weighted by Crippen LogP contribution is -2.31. The Kier molecular flexibility index (Phi) is 92.7. The number of likely N-dealkylation sites (tertiary alicyclic amines) is 1. The molecule has 1 rings (SSSR count). The van der Waals surface area contributed by atoms with Gasteiger partial charge in [-0.1, -0.05) is 96.9 Å². The Morgan fingerprint density at radius 2 is 0.500 bits per heavy atom. The molecule has 0 N–H and O–H groups in total. The van der Waals surface area contributed by atoms with E-state index in [1.165, 1.54) is 12.8 Å². The first kappa shape index (κ1) is 158. The number of likely N-dealkylation sites (N-methyl/N-ethyl adjacent to an activating group) is 2. The second-order valence-electron chi connectivity index (χ2n) is 48.0. The van der Waals surface area contributed by atoms with Crippen molar-refractivity contribution < 1.29 is 95.3 Å². The average Bonchev–Trinajstić information content (AvgIpc) is 1.18. The number of carbonyl (C=O) groups is 10. The summed E-state index contributed by atoms with van der Waals surface area (Å²) in [5.41, 5.74) is -3.43. The van der Waals surface area contributed by atoms with Crippen molar-refractivity contribution in [3.63, 3.8) is 0 Å². The molecule has 4 unspecified atom stereocenters. The lowest BCUT2D eigenvalue weighted by atomic mass is 9.90. The molecule has 0 amide bonds. The number of hydrogen-bond donors (Lipinski definition) is 0. The smallest absolute Gasteiger partial charge is 0.312 e. The van der Waals surface area contributed by atoms with Crippen molar-refractivity contribution in [2.45, 2.75) is 383 Å². The van der Waals surface area contributed by atoms with E-state index in [9.17, 15) is 47.9 Å². The molecule has 0 aromatic carbocycles. The predicted octanol–water partition coefficient (Wildman–Crippen LogP) is 21.3. The maximum absolute atomic E-state index is 11.8. The van der Waals surface area contributed by atoms with Crippen LogP contribution in [0.15, 0.2) is 0 Å². The maximum Gasteiger partial charge on any atom is 0.312 e. The molecule has 0 bridgehead atoms. The van der Waals surface area contributed by atoms with E-state index in [2.05, 4.69) is 95.1 Å². The lowest BCUT2D eigenvalue weighted by Gasteiger charge is -2.24. The minimum atomic E-state index is -0.355. The molecule has 0 radical (unpaired) electrons. The van der Waals surface area contributed by atoms with Gasteiger partial charge in [0.25, 0.3) is 0 Å². The Morgan fingerprint density at radius 3 is 0.801 bits per heavy atom. The molecule has 146 heavy (non-hydrogen) atoms. The number of rotatable bonds is 60. The third-order valence-corrected chi connectivity index (χ3v) is 26.7. The van der Waals surface area contributed by atoms with E-state index in [-0.39, 0.29) is 126 Å². The topological polar surface area (TPSA) is 295 Å². The van der Waals surface area contributed by atoms with Gasteiger partial charge < -0.3 is 86.6 Å². The summed E-state index contributed by atoms with van der Waals surface area (Å²) >= 11 is 0. The fraction of sp³-hybridized carbons (Fsp3) is 0.914. The third-order valence-electron chi connectivity index (χ3n) is 26.7. The van der Waals surface area contributed by atoms with Crippen LogP contribution in [0.1, 0.15) is 371 Å². The third kappa shape index (κ3) is 88.8. The van der Waals surface area contributed by atoms with Crippen LogP contribution in [0.3, 0.4) is 0 Å². The Hall–Kier alpha value is -5.70. The summed E-state index contributed by atoms with van der Waals surface area (Å²) in [6, 6.07) is 0. The van der Waals surface area contributed by atoms with Gasteiger partial charge in [-0.3, -0.25) is 57.7 Å². The molecular formula is C116H240N10O20. The average molecular weight is 2100 g/mol. The van der Waals surface area contributed by atoms with E-state index in [1.807, 2.05) is 316 Å². The highest BCUT2D eigenvalue weighted by molar-refractivity contribution is 5.79. The van der Waals surface area contributed by atoms with Crippen molar-refractivity contribution in [2.24, 2.45) is 66.0 Å². The summed E-state index contributed by atoms with van der Waals surface area (Å²) in [5, 5.41) is 0. The number of unbranched alkanes of at least 4 members (excludes halogenated alkanes) is 1. The molecule has 30 heteroatoms. The van der Waals surface area contributed by atoms with Crippen LogP contribution in [-0.2, 0) is 95.3 Å². The first-order chi connectivity index (χ1) is 66.8. The van der Waals surface area contributed by atoms with Crippen molar-refractivity contribution in [1.29, 1.82) is 0 Å². The van der Waals surface area contributed by atoms with Crippen LogP contribution in [0.5, 0.6) is 0 Å². The second-order valence-corrected chi connectivity index (χ2v) is 48.0. The van der Waals surface area contributed by atoms with Crippen LogP contribution in [-0.4, -0.2) is 372 Å². The summed E-state index contributed by atoms with van der Waals surface area (Å²) < 4.78 is 52.6. The van der Waals surface area contributed by atoms with Crippen molar-refractivity contribution in [1.82, 2.24) is 49.0 Å². The quantitative estimate of drug-likeness (QED) is 0.0236. The molecule has 874 valence electrons. The molecule has 0 aromatic rings. The van der Waals surface area contributed by atoms with Gasteiger partial charge in [0.1, 0.15) is 32.7 Å². The van der Waals surface area contributed by atoms with Crippen LogP contribution >= 0.6 is 0 Å². The van der Waals surface area contributed by atoms with Crippen molar-refractivity contribution >= 4 is 59.7 Å². The number of ether oxygens (including phenoxy) is 10. The highest BCUT2D eigenvalue weighted by Crippen LogP contribution is 2.30. The first-order valence-corrected chi connectivity index (χ1v) is 55.2. The summed E-state index contributed by atoms with van der Waals surface area (Å²) in [7, 11) is 32.1. The van der Waals surface area contributed by atoms with Crippen LogP contribution < -0.4 is 0 Å². The molecule has 0 aromatic heterocycles. The summed E-state index contributed by atoms with van der Waals surface area (Å²) in [5.74, 6) is -0.0490. The molecule has 1 saturated heterocycles. The van der Waals surface area contributed by atoms with Crippen LogP contribution in [0.4, 0.5) is 0 Å². The molecule has 1 aliphatic rings. The zero-order valence-corrected chi connectivity index (χ0v) is 105. The van der Waals surface area contributed by atoms with Gasteiger partial charge in [-0.05, 0) is 439 Å². The summed E-state index contributed by atoms with van der Waals surface area (Å²) in [6.45, 7) is 87.7. The van der Waals surface area contributed by atoms with E-state index in [4.69, 9.17) is 47.4 Å². The van der Waals surface area contributed by atoms with Crippen LogP contribution in [0, 0.1) is 66.0 Å². The molecular weight excluding hydrogens is 1850 g/mol. The standard InChI is InChI=1S/2C13H27NO2.C12H23NO2.4C12H25NO2.C11H23NO2.C10H21NO2.C9H19NO2/c1-7-13(3,4)12(15)16-10-11(2)8-9-14(5)6;1-7-13(3,4)12(15)16-11(2)9-8-10-14(5)6;1-4-12(2,3)11(14)15-10-9-13-7-5-6-8-13;1-7-12(3,4)11(14)15-9-10(2)8-13(5)6;1-7-12(3,4)11(14)15-10(2)8-9-13(5)6;1-6-12(2,3)11(14)15-10-8-7-9-13(4)5;1-6-12(4,5)11(14)15-10-9-13(7-2)8-3;1-6-11(2,3)10(13)14-9-7-8-12(4)5;1-6-10(2,3)9(12)13-8-7-11(4)5;1-6-9(2,3)8(11)12-7-10(4)5/h2*11H,7-10H2,1-6H3;4-10H2,1-3H3;2*10H,7-9H2,1-6H3;2*6-10H2,1-5H3;6-9H2,1-5H3;6-8H2,1-5H3;6-7H2,1-5H3. The van der Waals surface area contributed by atoms with Gasteiger partial charge in [0.2, 0.25) is 0 Å². The molecule has 1 heterocycles. The van der Waals surface area contributed by atoms with Gasteiger partial charge in [0.15, 0.2) is 0 Å². The molecule has 0 saturated carbocycles. The normalized spacial score (nSPS) is 13.4. The van der Waals surface area contributed by atoms with Gasteiger partial charge >= 0.3 is 59.7 Å². The molecule has 0 aliphatic carbocycles. The van der Waals surface area contributed by atoms with Gasteiger partial charge in [0, 0.05) is 45.2 Å². The number of carbonyl (C=O) groups excluding carboxylic acids is 10. The SMILES string of the molecule is CCC(C)(C)C(=O)OC(C)CCCN(C)C.CCC(C)(C)C(=O)OC(C)CCN(C)C.CCC(C)(C)C(=O)OCC(C)CCN(C)C.CCC(C)(C)C(=O)OCC(C)CN(C)C.CCC(C)(C)C(=O)OCCCCN(C)C.CCC(C)(C)C(=O)OCCCN(C)C.CCC(C)(C)C(=O)OCCN(C)C.CCC(C)(C)C(=O)OCCN1CCCC1.CCC(C)(C)C(=O)OCN(C)C.CCN(CC)CCOC(=O)C(C)(C)CC. The highest BCUT2D eigenvalue weighted by atomic mass is 16.6. The minimum absolute atomic E-state index is 0.00530. The molecule has 1 aliphatic heterocycles. The van der Waals surface area contributed by atoms with E-state index >= 15 is 0 Å². The lowest BCUT2D eigenvalue weighted by molar-refractivity contribution is -0.160. The second kappa shape index (κ2) is 85.7. The van der Waals surface area contributed by atoms with Crippen molar-refractivity contribution in [3.8, 4) is 0 Å². The monoisotopic (exact) mass is 2090 g/mol. The largest absolute Gasteiger partial charge is 0.465 e. The number of esters is 10. The van der Waals surface area contributed by atoms with Crippen LogP contribution in [0.25, 0.3) is 0 Å². The molecule has 0 spiro atoms. The van der Waals surface area contributed by atoms with Gasteiger partial charge in [-0.2, -0.15) is 0 Å². The van der Waals surface area contributed by atoms with Crippen LogP contribution in [0.2, 0.25) is 0 Å². The number of nitrogens with zero attached hydrogens (tertiary/aromatic N) is 10. The zero-order chi connectivity index (χ0) is 116. The fourth-order valence-corrected chi connectivity index (χ4v) is 10.4. The van der Waals surface area contributed by atoms with E-state index in [1.54, 1.807) is 0 Å². The van der Waals surface area contributed by atoms with E-state index in [0.29, 0.717) is 64.8 Å². The predicted molar refractivity (Wildman–Crippen MR) is 607 cm³/mol. The highest BCUT2D eigenvalue weighted by Gasteiger charge is 2.35. The Balaban J connectivity index is -0.000000204. The minimum Gasteiger partial charge on any atom is -0.465 e. The van der Waals surface area contributed by atoms with Gasteiger partial charge in [-0.25, -0.2) is 0 Å². The molecule has 4 atom stereocenters. The zero-order valence-electron chi connectivity index (χ0n) is 105. The fourth-order valence-electron chi connectivity index (χ4n) is 10.4. The Bertz CT molecular complexity index is 3270. The number of hydrogen-bond acceptors (Lipinski definition) is 30. The summed E-state index contributed by atoms with van der Waals surface area (Å²) in [4.78, 5) is 137. The Morgan fingerprint density at radius 1 is 0.247 bits per heavy atom. The summed E-state index contributed by atoms with van der Waals surface area (Å²) in [6.07, 6.45) is 17.6. The Labute approximate surface area is 899 Å². The maximum atomic E-state index is 11.8. The van der Waals surface area contributed by atoms with E-state index < -0.39 is 0 Å². The van der Waals surface area contributed by atoms with Crippen molar-refractivity contribution in [2.75, 3.05) is 251 Å². The molecule has 1 fully saturated rings. The van der Waals surface area contributed by atoms with Gasteiger partial charge in [0.05, 0.1) is 86.7 Å². The molecule has 30 nitrogen and oxygen atoms in total. The first-order valence-electron chi connectivity index (χ1n) is 55.2. The van der Waals surface area contributed by atoms with Gasteiger partial charge in [-0.15, -0.1) is 0 Å². The van der Waals surface area contributed by atoms with E-state index in [0.717, 1.165) is 194 Å².